The molecule has 0 aliphatic heterocycles. The van der Waals surface area contributed by atoms with Gasteiger partial charge in [-0.15, -0.1) is 0 Å². The normalized spacial score (nSPS) is 10.7. The van der Waals surface area contributed by atoms with Crippen molar-refractivity contribution in [2.75, 3.05) is 0 Å². The van der Waals surface area contributed by atoms with Gasteiger partial charge in [-0.05, 0) is 79.7 Å². The van der Waals surface area contributed by atoms with E-state index in [0.29, 0.717) is 26.7 Å². The first-order chi connectivity index (χ1) is 18.3. The number of benzene rings is 4. The van der Waals surface area contributed by atoms with E-state index >= 15 is 0 Å². The largest absolute Gasteiger partial charge is 0.423 e. The highest BCUT2D eigenvalue weighted by Crippen LogP contribution is 2.26. The van der Waals surface area contributed by atoms with Crippen LogP contribution in [-0.2, 0) is 0 Å². The Bertz CT molecular complexity index is 1520. The molecule has 0 aliphatic carbocycles. The van der Waals surface area contributed by atoms with Crippen molar-refractivity contribution in [3.63, 3.8) is 0 Å². The molecule has 0 aromatic heterocycles. The quantitative estimate of drug-likeness (QED) is 0.123. The number of aryl methyl sites for hydroxylation is 1. The van der Waals surface area contributed by atoms with Crippen LogP contribution in [0.5, 0.6) is 11.5 Å². The maximum Gasteiger partial charge on any atom is 0.343 e. The van der Waals surface area contributed by atoms with Crippen LogP contribution in [0.3, 0.4) is 0 Å². The van der Waals surface area contributed by atoms with Gasteiger partial charge in [0.2, 0.25) is 0 Å². The highest BCUT2D eigenvalue weighted by molar-refractivity contribution is 6.31. The molecule has 0 atom stereocenters. The van der Waals surface area contributed by atoms with Gasteiger partial charge < -0.3 is 9.47 Å². The molecule has 0 heterocycles. The van der Waals surface area contributed by atoms with E-state index in [1.165, 1.54) is 48.7 Å². The van der Waals surface area contributed by atoms with Crippen molar-refractivity contribution in [2.45, 2.75) is 6.92 Å². The fourth-order valence-corrected chi connectivity index (χ4v) is 3.53. The number of hydrogen-bond donors (Lipinski definition) is 1. The first-order valence-electron chi connectivity index (χ1n) is 11.3. The molecule has 0 spiro atoms. The zero-order valence-electron chi connectivity index (χ0n) is 20.0. The lowest BCUT2D eigenvalue weighted by Gasteiger charge is -2.11. The summed E-state index contributed by atoms with van der Waals surface area (Å²) in [6, 6.07) is 23.8. The molecular weight excluding hydrogens is 527 g/mol. The summed E-state index contributed by atoms with van der Waals surface area (Å²) in [6.45, 7) is 1.88. The SMILES string of the molecule is Cc1cccc(C(=O)N/N=C/c2ccc(OC(=O)c3ccc(Cl)cc3)cc2OC(=O)c2ccc(Cl)cc2)c1. The third-order valence-corrected chi connectivity index (χ3v) is 5.71. The van der Waals surface area contributed by atoms with Crippen LogP contribution < -0.4 is 14.9 Å². The number of esters is 2. The summed E-state index contributed by atoms with van der Waals surface area (Å²) < 4.78 is 11.0. The minimum absolute atomic E-state index is 0.0555. The van der Waals surface area contributed by atoms with Crippen molar-refractivity contribution in [2.24, 2.45) is 5.10 Å². The maximum atomic E-state index is 12.8. The van der Waals surface area contributed by atoms with Crippen LogP contribution in [0.1, 0.15) is 42.2 Å². The van der Waals surface area contributed by atoms with Crippen molar-refractivity contribution < 1.29 is 23.9 Å². The van der Waals surface area contributed by atoms with Crippen LogP contribution in [0.2, 0.25) is 10.0 Å². The summed E-state index contributed by atoms with van der Waals surface area (Å²) in [5.41, 5.74) is 4.72. The molecule has 0 saturated heterocycles. The van der Waals surface area contributed by atoms with E-state index in [0.717, 1.165) is 5.56 Å². The number of carbonyl (C=O) groups is 3. The molecule has 0 radical (unpaired) electrons. The Balaban J connectivity index is 1.56. The molecule has 38 heavy (non-hydrogen) atoms. The average molecular weight is 547 g/mol. The molecule has 190 valence electrons. The second-order valence-corrected chi connectivity index (χ2v) is 8.93. The van der Waals surface area contributed by atoms with E-state index in [2.05, 4.69) is 10.5 Å². The number of nitrogens with zero attached hydrogens (tertiary/aromatic N) is 1. The van der Waals surface area contributed by atoms with E-state index in [-0.39, 0.29) is 17.1 Å². The number of nitrogens with one attached hydrogen (secondary N) is 1. The maximum absolute atomic E-state index is 12.8. The van der Waals surface area contributed by atoms with Crippen LogP contribution in [0.25, 0.3) is 0 Å². The van der Waals surface area contributed by atoms with Crippen LogP contribution in [0, 0.1) is 6.92 Å². The third kappa shape index (κ3) is 7.06. The van der Waals surface area contributed by atoms with Crippen molar-refractivity contribution >= 4 is 47.3 Å². The fourth-order valence-electron chi connectivity index (χ4n) is 3.28. The molecule has 0 unspecified atom stereocenters. The van der Waals surface area contributed by atoms with E-state index in [4.69, 9.17) is 32.7 Å². The Morgan fingerprint density at radius 3 is 1.95 bits per heavy atom. The lowest BCUT2D eigenvalue weighted by atomic mass is 10.1. The Hall–Kier alpha value is -4.46. The van der Waals surface area contributed by atoms with Crippen LogP contribution >= 0.6 is 23.2 Å². The minimum Gasteiger partial charge on any atom is -0.423 e. The van der Waals surface area contributed by atoms with Crippen LogP contribution in [0.4, 0.5) is 0 Å². The summed E-state index contributed by atoms with van der Waals surface area (Å²) in [5.74, 6) is -1.51. The first-order valence-corrected chi connectivity index (χ1v) is 12.0. The van der Waals surface area contributed by atoms with Gasteiger partial charge in [-0.3, -0.25) is 4.79 Å². The molecule has 0 bridgehead atoms. The number of hydrogen-bond acceptors (Lipinski definition) is 6. The zero-order valence-corrected chi connectivity index (χ0v) is 21.5. The Labute approximate surface area is 228 Å². The van der Waals surface area contributed by atoms with Crippen LogP contribution in [0.15, 0.2) is 96.1 Å². The van der Waals surface area contributed by atoms with Gasteiger partial charge in [0, 0.05) is 27.2 Å². The minimum atomic E-state index is -0.665. The molecule has 4 rings (SSSR count). The number of halogens is 2. The second-order valence-electron chi connectivity index (χ2n) is 8.06. The Morgan fingerprint density at radius 1 is 0.737 bits per heavy atom. The first kappa shape index (κ1) is 26.6. The second kappa shape index (κ2) is 12.2. The Kier molecular flexibility index (Phi) is 8.53. The number of hydrazone groups is 1. The lowest BCUT2D eigenvalue weighted by Crippen LogP contribution is -2.18. The molecule has 4 aromatic carbocycles. The average Bonchev–Trinajstić information content (AvgIpc) is 2.90. The lowest BCUT2D eigenvalue weighted by molar-refractivity contribution is 0.0732. The monoisotopic (exact) mass is 546 g/mol. The summed E-state index contributed by atoms with van der Waals surface area (Å²) >= 11 is 11.8. The number of amides is 1. The highest BCUT2D eigenvalue weighted by Gasteiger charge is 2.15. The molecular formula is C29H20Cl2N2O5. The van der Waals surface area contributed by atoms with Gasteiger partial charge in [0.05, 0.1) is 17.3 Å². The summed E-state index contributed by atoms with van der Waals surface area (Å²) in [5, 5.41) is 4.94. The van der Waals surface area contributed by atoms with Gasteiger partial charge in [-0.2, -0.15) is 5.10 Å². The smallest absolute Gasteiger partial charge is 0.343 e. The molecule has 0 fully saturated rings. The van der Waals surface area contributed by atoms with E-state index in [9.17, 15) is 14.4 Å². The summed E-state index contributed by atoms with van der Waals surface area (Å²) in [6.07, 6.45) is 1.32. The van der Waals surface area contributed by atoms with Crippen LogP contribution in [-0.4, -0.2) is 24.1 Å². The molecule has 1 N–H and O–H groups in total. The van der Waals surface area contributed by atoms with Crippen molar-refractivity contribution in [3.05, 3.63) is 129 Å². The van der Waals surface area contributed by atoms with E-state index in [1.54, 1.807) is 42.5 Å². The standard InChI is InChI=1S/C29H20Cl2N2O5/c1-18-3-2-4-21(15-18)27(34)33-32-17-22-9-14-25(37-28(35)19-5-10-23(30)11-6-19)16-26(22)38-29(36)20-7-12-24(31)13-8-20/h2-17H,1H3,(H,33,34)/b32-17+. The molecule has 0 saturated carbocycles. The number of carbonyl (C=O) groups excluding carboxylic acids is 3. The molecule has 0 aliphatic rings. The Morgan fingerprint density at radius 2 is 1.34 bits per heavy atom. The molecule has 9 heteroatoms. The predicted molar refractivity (Wildman–Crippen MR) is 146 cm³/mol. The van der Waals surface area contributed by atoms with Gasteiger partial charge in [-0.25, -0.2) is 15.0 Å². The number of rotatable bonds is 7. The summed E-state index contributed by atoms with van der Waals surface area (Å²) in [7, 11) is 0. The topological polar surface area (TPSA) is 94.1 Å². The molecule has 7 nitrogen and oxygen atoms in total. The van der Waals surface area contributed by atoms with E-state index in [1.807, 2.05) is 13.0 Å². The van der Waals surface area contributed by atoms with Crippen molar-refractivity contribution in [3.8, 4) is 11.5 Å². The van der Waals surface area contributed by atoms with Gasteiger partial charge >= 0.3 is 11.9 Å². The van der Waals surface area contributed by atoms with E-state index < -0.39 is 17.8 Å². The van der Waals surface area contributed by atoms with Gasteiger partial charge in [0.1, 0.15) is 11.5 Å². The van der Waals surface area contributed by atoms with Gasteiger partial charge in [0.15, 0.2) is 0 Å². The van der Waals surface area contributed by atoms with Crippen molar-refractivity contribution in [1.82, 2.24) is 5.43 Å². The fraction of sp³-hybridized carbons (Fsp3) is 0.0345. The zero-order chi connectivity index (χ0) is 27.1. The molecule has 4 aromatic rings. The summed E-state index contributed by atoms with van der Waals surface area (Å²) in [4.78, 5) is 37.7. The predicted octanol–water partition coefficient (Wildman–Crippen LogP) is 6.50. The van der Waals surface area contributed by atoms with Gasteiger partial charge in [0.25, 0.3) is 5.91 Å². The number of ether oxygens (including phenoxy) is 2. The third-order valence-electron chi connectivity index (χ3n) is 5.21. The highest BCUT2D eigenvalue weighted by atomic mass is 35.5. The van der Waals surface area contributed by atoms with Crippen molar-refractivity contribution in [1.29, 1.82) is 0 Å². The van der Waals surface area contributed by atoms with Gasteiger partial charge in [-0.1, -0.05) is 40.9 Å². The molecule has 1 amide bonds.